The molecule has 0 bridgehead atoms. The van der Waals surface area contributed by atoms with Gasteiger partial charge >= 0.3 is 0 Å². The third kappa shape index (κ3) is 3.30. The molecule has 0 saturated carbocycles. The highest BCUT2D eigenvalue weighted by molar-refractivity contribution is 5.95. The van der Waals surface area contributed by atoms with Crippen LogP contribution in [0.2, 0.25) is 0 Å². The zero-order valence-corrected chi connectivity index (χ0v) is 11.7. The average Bonchev–Trinajstić information content (AvgIpc) is 2.47. The van der Waals surface area contributed by atoms with E-state index in [1.54, 1.807) is 24.3 Å². The van der Waals surface area contributed by atoms with E-state index >= 15 is 0 Å². The lowest BCUT2D eigenvalue weighted by Gasteiger charge is -2.03. The molecule has 0 spiro atoms. The number of nitriles is 1. The van der Waals surface area contributed by atoms with Crippen molar-refractivity contribution in [2.24, 2.45) is 0 Å². The number of carbonyl (C=O) groups is 1. The summed E-state index contributed by atoms with van der Waals surface area (Å²) in [5.41, 5.74) is 2.33. The van der Waals surface area contributed by atoms with E-state index in [1.807, 2.05) is 35.2 Å². The maximum atomic E-state index is 12.2. The van der Waals surface area contributed by atoms with Crippen molar-refractivity contribution >= 4 is 5.78 Å². The van der Waals surface area contributed by atoms with Gasteiger partial charge in [0.1, 0.15) is 0 Å². The molecule has 0 saturated heterocycles. The van der Waals surface area contributed by atoms with Gasteiger partial charge in [0, 0.05) is 17.7 Å². The summed E-state index contributed by atoms with van der Waals surface area (Å²) in [7, 11) is 0. The molecule has 1 aromatic heterocycles. The normalized spacial score (nSPS) is 10.3. The van der Waals surface area contributed by atoms with E-state index in [4.69, 9.17) is 5.26 Å². The van der Waals surface area contributed by atoms with Crippen LogP contribution in [0, 0.1) is 11.3 Å². The largest absolute Gasteiger partial charge is 0.287 e. The number of hydrogen-bond donors (Lipinski definition) is 0. The van der Waals surface area contributed by atoms with Crippen molar-refractivity contribution in [2.45, 2.75) is 26.3 Å². The highest BCUT2D eigenvalue weighted by Crippen LogP contribution is 2.11. The van der Waals surface area contributed by atoms with E-state index in [9.17, 15) is 4.79 Å². The van der Waals surface area contributed by atoms with Gasteiger partial charge in [0.05, 0.1) is 11.6 Å². The van der Waals surface area contributed by atoms with E-state index in [1.165, 1.54) is 5.56 Å². The van der Waals surface area contributed by atoms with Gasteiger partial charge in [-0.2, -0.15) is 9.83 Å². The number of rotatable bonds is 4. The summed E-state index contributed by atoms with van der Waals surface area (Å²) in [5, 5.41) is 8.85. The molecule has 2 rings (SSSR count). The summed E-state index contributed by atoms with van der Waals surface area (Å²) in [4.78, 5) is 12.2. The molecule has 0 radical (unpaired) electrons. The zero-order valence-electron chi connectivity index (χ0n) is 11.7. The fourth-order valence-electron chi connectivity index (χ4n) is 1.98. The fraction of sp³-hybridized carbons (Fsp3) is 0.235. The van der Waals surface area contributed by atoms with Crippen LogP contribution in [0.4, 0.5) is 0 Å². The minimum atomic E-state index is 0.00407. The highest BCUT2D eigenvalue weighted by atomic mass is 16.1. The number of carbonyl (C=O) groups excluding carboxylic acids is 1. The molecule has 1 aromatic carbocycles. The third-order valence-electron chi connectivity index (χ3n) is 3.22. The number of ketones is 1. The van der Waals surface area contributed by atoms with Crippen LogP contribution in [0.5, 0.6) is 0 Å². The molecule has 0 aliphatic heterocycles. The maximum Gasteiger partial charge on any atom is 0.227 e. The van der Waals surface area contributed by atoms with Crippen molar-refractivity contribution in [1.29, 1.82) is 5.26 Å². The predicted octanol–water partition coefficient (Wildman–Crippen LogP) is 2.85. The molecule has 20 heavy (non-hydrogen) atoms. The van der Waals surface area contributed by atoms with Crippen LogP contribution in [0.15, 0.2) is 48.8 Å². The SMILES string of the molecule is CC(C)c1cc[n+](CC(=O)c2cccc(C#N)c2)cc1. The van der Waals surface area contributed by atoms with Gasteiger partial charge in [-0.1, -0.05) is 26.0 Å². The Bertz CT molecular complexity index is 651. The van der Waals surface area contributed by atoms with Crippen LogP contribution in [-0.2, 0) is 6.54 Å². The van der Waals surface area contributed by atoms with Gasteiger partial charge in [0.2, 0.25) is 12.3 Å². The second-order valence-electron chi connectivity index (χ2n) is 5.07. The van der Waals surface area contributed by atoms with Crippen LogP contribution in [0.1, 0.15) is 41.3 Å². The molecule has 0 aliphatic carbocycles. The zero-order chi connectivity index (χ0) is 14.5. The molecule has 2 aromatic rings. The van der Waals surface area contributed by atoms with Crippen molar-refractivity contribution in [3.8, 4) is 6.07 Å². The lowest BCUT2D eigenvalue weighted by Crippen LogP contribution is -2.37. The Morgan fingerprint density at radius 1 is 1.25 bits per heavy atom. The Labute approximate surface area is 119 Å². The number of Topliss-reactive ketones (excluding diaryl/α,β-unsaturated/α-hetero) is 1. The molecule has 0 amide bonds. The van der Waals surface area contributed by atoms with Gasteiger partial charge < -0.3 is 0 Å². The first kappa shape index (κ1) is 14.0. The van der Waals surface area contributed by atoms with E-state index in [0.29, 0.717) is 17.0 Å². The first-order chi connectivity index (χ1) is 9.60. The Morgan fingerprint density at radius 2 is 1.95 bits per heavy atom. The topological polar surface area (TPSA) is 44.7 Å². The molecular formula is C17H17N2O+. The van der Waals surface area contributed by atoms with Crippen molar-refractivity contribution in [3.05, 3.63) is 65.5 Å². The van der Waals surface area contributed by atoms with E-state index < -0.39 is 0 Å². The molecule has 0 unspecified atom stereocenters. The molecule has 100 valence electrons. The highest BCUT2D eigenvalue weighted by Gasteiger charge is 2.12. The van der Waals surface area contributed by atoms with Crippen LogP contribution < -0.4 is 4.57 Å². The van der Waals surface area contributed by atoms with Gasteiger partial charge in [-0.15, -0.1) is 0 Å². The Hall–Kier alpha value is -2.47. The Kier molecular flexibility index (Phi) is 4.27. The van der Waals surface area contributed by atoms with E-state index in [2.05, 4.69) is 13.8 Å². The number of hydrogen-bond acceptors (Lipinski definition) is 2. The second-order valence-corrected chi connectivity index (χ2v) is 5.07. The number of pyridine rings is 1. The van der Waals surface area contributed by atoms with Crippen LogP contribution in [0.3, 0.4) is 0 Å². The summed E-state index contributed by atoms with van der Waals surface area (Å²) < 4.78 is 1.85. The average molecular weight is 265 g/mol. The molecule has 0 N–H and O–H groups in total. The smallest absolute Gasteiger partial charge is 0.227 e. The summed E-state index contributed by atoms with van der Waals surface area (Å²) in [5.74, 6) is 0.483. The van der Waals surface area contributed by atoms with Crippen molar-refractivity contribution in [3.63, 3.8) is 0 Å². The first-order valence-corrected chi connectivity index (χ1v) is 6.62. The van der Waals surface area contributed by atoms with Gasteiger partial charge in [-0.3, -0.25) is 4.79 Å². The minimum Gasteiger partial charge on any atom is -0.287 e. The number of aromatic nitrogens is 1. The van der Waals surface area contributed by atoms with Crippen molar-refractivity contribution in [2.75, 3.05) is 0 Å². The van der Waals surface area contributed by atoms with Gasteiger partial charge in [-0.05, 0) is 23.6 Å². The maximum absolute atomic E-state index is 12.2. The lowest BCUT2D eigenvalue weighted by atomic mass is 10.1. The van der Waals surface area contributed by atoms with Gasteiger partial charge in [0.25, 0.3) is 0 Å². The quantitative estimate of drug-likeness (QED) is 0.630. The van der Waals surface area contributed by atoms with Crippen LogP contribution in [0.25, 0.3) is 0 Å². The molecule has 0 fully saturated rings. The first-order valence-electron chi connectivity index (χ1n) is 6.62. The molecular weight excluding hydrogens is 248 g/mol. The van der Waals surface area contributed by atoms with E-state index in [0.717, 1.165) is 0 Å². The van der Waals surface area contributed by atoms with Gasteiger partial charge in [0.15, 0.2) is 12.4 Å². The summed E-state index contributed by atoms with van der Waals surface area (Å²) in [6.45, 7) is 4.56. The molecule has 0 aliphatic rings. The van der Waals surface area contributed by atoms with Crippen molar-refractivity contribution in [1.82, 2.24) is 0 Å². The molecule has 1 heterocycles. The standard InChI is InChI=1S/C17H17N2O/c1-13(2)15-6-8-19(9-7-15)12-17(20)16-5-3-4-14(10-16)11-18/h3-10,13H,12H2,1-2H3/q+1. The monoisotopic (exact) mass is 265 g/mol. The van der Waals surface area contributed by atoms with Crippen LogP contribution in [-0.4, -0.2) is 5.78 Å². The molecule has 3 nitrogen and oxygen atoms in total. The Morgan fingerprint density at radius 3 is 2.55 bits per heavy atom. The number of nitrogens with zero attached hydrogens (tertiary/aromatic N) is 2. The van der Waals surface area contributed by atoms with Gasteiger partial charge in [-0.25, -0.2) is 0 Å². The third-order valence-corrected chi connectivity index (χ3v) is 3.22. The van der Waals surface area contributed by atoms with E-state index in [-0.39, 0.29) is 12.3 Å². The van der Waals surface area contributed by atoms with Crippen molar-refractivity contribution < 1.29 is 9.36 Å². The summed E-state index contributed by atoms with van der Waals surface area (Å²) >= 11 is 0. The lowest BCUT2D eigenvalue weighted by molar-refractivity contribution is -0.683. The summed E-state index contributed by atoms with van der Waals surface area (Å²) in [6.07, 6.45) is 3.84. The number of benzene rings is 1. The Balaban J connectivity index is 2.13. The molecule has 0 atom stereocenters. The van der Waals surface area contributed by atoms with Crippen LogP contribution >= 0.6 is 0 Å². The minimum absolute atomic E-state index is 0.00407. The second kappa shape index (κ2) is 6.12. The molecule has 3 heteroatoms. The summed E-state index contributed by atoms with van der Waals surface area (Å²) in [6, 6.07) is 12.9. The predicted molar refractivity (Wildman–Crippen MR) is 76.2 cm³/mol. The fourth-order valence-corrected chi connectivity index (χ4v) is 1.98.